The van der Waals surface area contributed by atoms with Crippen molar-refractivity contribution >= 4 is 39.9 Å². The van der Waals surface area contributed by atoms with Crippen molar-refractivity contribution in [2.24, 2.45) is 5.73 Å². The second-order valence-corrected chi connectivity index (χ2v) is 6.93. The summed E-state index contributed by atoms with van der Waals surface area (Å²) in [6.07, 6.45) is 1.49. The Hall–Kier alpha value is -2.91. The van der Waals surface area contributed by atoms with E-state index in [9.17, 15) is 14.4 Å². The van der Waals surface area contributed by atoms with Crippen LogP contribution in [0.2, 0.25) is 5.02 Å². The van der Waals surface area contributed by atoms with E-state index < -0.39 is 18.0 Å². The van der Waals surface area contributed by atoms with Crippen molar-refractivity contribution in [3.63, 3.8) is 0 Å². The van der Waals surface area contributed by atoms with E-state index >= 15 is 0 Å². The topological polar surface area (TPSA) is 116 Å². The molecule has 0 unspecified atom stereocenters. The number of rotatable bonds is 6. The van der Waals surface area contributed by atoms with Gasteiger partial charge < -0.3 is 15.8 Å². The number of carbonyl (C=O) groups excluding carboxylic acids is 2. The molecule has 0 fully saturated rings. The lowest BCUT2D eigenvalue weighted by Crippen LogP contribution is -2.34. The van der Waals surface area contributed by atoms with Gasteiger partial charge in [0.2, 0.25) is 0 Å². The Bertz CT molecular complexity index is 1030. The summed E-state index contributed by atoms with van der Waals surface area (Å²) in [5, 5.41) is 4.77. The van der Waals surface area contributed by atoms with E-state index in [1.807, 2.05) is 0 Å². The zero-order chi connectivity index (χ0) is 19.4. The van der Waals surface area contributed by atoms with Gasteiger partial charge in [-0.3, -0.25) is 14.0 Å². The molecule has 0 spiro atoms. The highest BCUT2D eigenvalue weighted by Crippen LogP contribution is 2.20. The van der Waals surface area contributed by atoms with Gasteiger partial charge in [-0.1, -0.05) is 23.7 Å². The number of benzene rings is 1. The smallest absolute Gasteiger partial charge is 0.312 e. The third-order valence-corrected chi connectivity index (χ3v) is 4.71. The number of nitrogens with zero attached hydrogens (tertiary/aromatic N) is 2. The molecule has 1 aromatic carbocycles. The van der Waals surface area contributed by atoms with Crippen molar-refractivity contribution < 1.29 is 14.3 Å². The monoisotopic (exact) mass is 406 g/mol. The Kier molecular flexibility index (Phi) is 5.72. The maximum absolute atomic E-state index is 12.2. The molecule has 10 heteroatoms. The van der Waals surface area contributed by atoms with Crippen LogP contribution in [0.1, 0.15) is 23.7 Å². The summed E-state index contributed by atoms with van der Waals surface area (Å²) in [4.78, 5) is 40.1. The number of urea groups is 1. The first kappa shape index (κ1) is 18.9. The summed E-state index contributed by atoms with van der Waals surface area (Å²) in [7, 11) is 0. The predicted molar refractivity (Wildman–Crippen MR) is 101 cm³/mol. The second-order valence-electron chi connectivity index (χ2n) is 5.62. The number of amides is 2. The van der Waals surface area contributed by atoms with Gasteiger partial charge >= 0.3 is 12.0 Å². The van der Waals surface area contributed by atoms with Gasteiger partial charge in [-0.25, -0.2) is 9.78 Å². The van der Waals surface area contributed by atoms with Gasteiger partial charge in [0.25, 0.3) is 5.56 Å². The fourth-order valence-corrected chi connectivity index (χ4v) is 3.33. The number of hydrogen-bond donors (Lipinski definition) is 2. The lowest BCUT2D eigenvalue weighted by molar-refractivity contribution is -0.145. The number of aromatic nitrogens is 2. The summed E-state index contributed by atoms with van der Waals surface area (Å²) in [6, 6.07) is 6.54. The van der Waals surface area contributed by atoms with E-state index in [0.29, 0.717) is 21.2 Å². The van der Waals surface area contributed by atoms with Crippen LogP contribution in [0.3, 0.4) is 0 Å². The predicted octanol–water partition coefficient (Wildman–Crippen LogP) is 2.25. The molecule has 0 bridgehead atoms. The Morgan fingerprint density at radius 1 is 1.33 bits per heavy atom. The first-order valence-corrected chi connectivity index (χ1v) is 9.11. The molecule has 140 valence electrons. The molecule has 3 aromatic rings. The number of nitrogens with one attached hydrogen (secondary N) is 1. The second kappa shape index (κ2) is 8.19. The van der Waals surface area contributed by atoms with Crippen LogP contribution < -0.4 is 16.6 Å². The Labute approximate surface area is 162 Å². The minimum Gasteiger partial charge on any atom is -0.459 e. The molecule has 0 aliphatic rings. The zero-order valence-corrected chi connectivity index (χ0v) is 15.5. The SMILES string of the molecule is NC(=O)N[C@H](CC(=O)OCc1cc(=O)n2ccsc2n1)c1ccc(Cl)cc1. The average Bonchev–Trinajstić information content (AvgIpc) is 3.09. The van der Waals surface area contributed by atoms with Crippen LogP contribution in [0.4, 0.5) is 4.79 Å². The molecule has 0 aliphatic heterocycles. The summed E-state index contributed by atoms with van der Waals surface area (Å²) in [5.41, 5.74) is 5.95. The van der Waals surface area contributed by atoms with Gasteiger partial charge in [0.05, 0.1) is 18.2 Å². The van der Waals surface area contributed by atoms with Crippen LogP contribution in [0.25, 0.3) is 4.96 Å². The molecule has 3 N–H and O–H groups in total. The highest BCUT2D eigenvalue weighted by molar-refractivity contribution is 7.15. The molecule has 0 aliphatic carbocycles. The van der Waals surface area contributed by atoms with Crippen molar-refractivity contribution in [1.29, 1.82) is 0 Å². The number of thiazole rings is 1. The van der Waals surface area contributed by atoms with Crippen LogP contribution in [-0.4, -0.2) is 21.4 Å². The molecule has 2 heterocycles. The number of esters is 1. The van der Waals surface area contributed by atoms with Crippen molar-refractivity contribution in [3.8, 4) is 0 Å². The van der Waals surface area contributed by atoms with Crippen LogP contribution in [0.15, 0.2) is 46.7 Å². The lowest BCUT2D eigenvalue weighted by Gasteiger charge is -2.17. The van der Waals surface area contributed by atoms with Crippen molar-refractivity contribution in [1.82, 2.24) is 14.7 Å². The molecule has 3 rings (SSSR count). The van der Waals surface area contributed by atoms with Crippen LogP contribution in [0, 0.1) is 0 Å². The maximum atomic E-state index is 12.2. The van der Waals surface area contributed by atoms with Gasteiger partial charge in [0, 0.05) is 22.7 Å². The molecule has 1 atom stereocenters. The minimum absolute atomic E-state index is 0.134. The molecule has 0 saturated heterocycles. The van der Waals surface area contributed by atoms with Gasteiger partial charge in [-0.15, -0.1) is 11.3 Å². The Morgan fingerprint density at radius 3 is 2.78 bits per heavy atom. The van der Waals surface area contributed by atoms with Crippen molar-refractivity contribution in [2.75, 3.05) is 0 Å². The van der Waals surface area contributed by atoms with Gasteiger partial charge in [0.1, 0.15) is 6.61 Å². The van der Waals surface area contributed by atoms with Crippen molar-refractivity contribution in [3.05, 3.63) is 68.5 Å². The summed E-state index contributed by atoms with van der Waals surface area (Å²) < 4.78 is 6.61. The molecule has 8 nitrogen and oxygen atoms in total. The van der Waals surface area contributed by atoms with Gasteiger partial charge in [0.15, 0.2) is 4.96 Å². The fourth-order valence-electron chi connectivity index (χ4n) is 2.46. The van der Waals surface area contributed by atoms with E-state index in [1.54, 1.807) is 35.8 Å². The largest absolute Gasteiger partial charge is 0.459 e. The number of carbonyl (C=O) groups is 2. The van der Waals surface area contributed by atoms with E-state index in [2.05, 4.69) is 10.3 Å². The molecule has 2 amide bonds. The molecule has 27 heavy (non-hydrogen) atoms. The molecular weight excluding hydrogens is 392 g/mol. The average molecular weight is 407 g/mol. The standard InChI is InChI=1S/C17H15ClN4O4S/c18-11-3-1-10(2-4-11)13(21-16(19)25)8-15(24)26-9-12-7-14(23)22-5-6-27-17(22)20-12/h1-7,13H,8-9H2,(H3,19,21,25)/t13-/m1/s1. The number of halogens is 1. The maximum Gasteiger partial charge on any atom is 0.312 e. The molecule has 0 radical (unpaired) electrons. The normalized spacial score (nSPS) is 11.9. The first-order chi connectivity index (χ1) is 12.9. The van der Waals surface area contributed by atoms with Crippen LogP contribution >= 0.6 is 22.9 Å². The number of nitrogens with two attached hydrogens (primary N) is 1. The Balaban J connectivity index is 1.67. The number of primary amides is 1. The first-order valence-electron chi connectivity index (χ1n) is 7.85. The summed E-state index contributed by atoms with van der Waals surface area (Å²) in [6.45, 7) is -0.146. The fraction of sp³-hybridized carbons (Fsp3) is 0.176. The summed E-state index contributed by atoms with van der Waals surface area (Å²) in [5.74, 6) is -0.572. The highest BCUT2D eigenvalue weighted by Gasteiger charge is 2.19. The van der Waals surface area contributed by atoms with E-state index in [4.69, 9.17) is 22.1 Å². The minimum atomic E-state index is -0.763. The number of ether oxygens (including phenoxy) is 1. The molecule has 0 saturated carbocycles. The van der Waals surface area contributed by atoms with Crippen LogP contribution in [-0.2, 0) is 16.1 Å². The number of hydrogen-bond acceptors (Lipinski definition) is 6. The quantitative estimate of drug-likeness (QED) is 0.609. The third kappa shape index (κ3) is 4.83. The van der Waals surface area contributed by atoms with E-state index in [0.717, 1.165) is 0 Å². The Morgan fingerprint density at radius 2 is 2.07 bits per heavy atom. The van der Waals surface area contributed by atoms with Crippen molar-refractivity contribution in [2.45, 2.75) is 19.1 Å². The molecular formula is C17H15ClN4O4S. The third-order valence-electron chi connectivity index (χ3n) is 3.70. The zero-order valence-electron chi connectivity index (χ0n) is 13.9. The van der Waals surface area contributed by atoms with E-state index in [1.165, 1.54) is 21.8 Å². The number of fused-ring (bicyclic) bond motifs is 1. The van der Waals surface area contributed by atoms with Gasteiger partial charge in [-0.2, -0.15) is 0 Å². The lowest BCUT2D eigenvalue weighted by atomic mass is 10.0. The molecule has 2 aromatic heterocycles. The van der Waals surface area contributed by atoms with Crippen LogP contribution in [0.5, 0.6) is 0 Å². The summed E-state index contributed by atoms with van der Waals surface area (Å²) >= 11 is 7.16. The van der Waals surface area contributed by atoms with Gasteiger partial charge in [-0.05, 0) is 17.7 Å². The van der Waals surface area contributed by atoms with E-state index in [-0.39, 0.29) is 18.6 Å². The highest BCUT2D eigenvalue weighted by atomic mass is 35.5.